The van der Waals surface area contributed by atoms with Crippen molar-refractivity contribution < 1.29 is 13.6 Å². The summed E-state index contributed by atoms with van der Waals surface area (Å²) >= 11 is 3.06. The van der Waals surface area contributed by atoms with Crippen LogP contribution in [-0.2, 0) is 4.79 Å². The van der Waals surface area contributed by atoms with Crippen LogP contribution in [0.1, 0.15) is 20.3 Å². The maximum atomic E-state index is 13.9. The van der Waals surface area contributed by atoms with E-state index in [1.54, 1.807) is 11.8 Å². The molecule has 0 aromatic heterocycles. The van der Waals surface area contributed by atoms with Gasteiger partial charge in [-0.05, 0) is 19.1 Å². The molecule has 0 saturated carbocycles. The lowest BCUT2D eigenvalue weighted by atomic mass is 9.90. The second-order valence-electron chi connectivity index (χ2n) is 4.66. The van der Waals surface area contributed by atoms with Crippen LogP contribution in [0, 0.1) is 17.6 Å². The summed E-state index contributed by atoms with van der Waals surface area (Å²) in [6.07, 6.45) is 0.334. The molecule has 0 N–H and O–H groups in total. The third-order valence-corrected chi connectivity index (χ3v) is 4.05. The highest BCUT2D eigenvalue weighted by Crippen LogP contribution is 2.32. The van der Waals surface area contributed by atoms with Crippen molar-refractivity contribution in [3.8, 4) is 0 Å². The number of Topliss-reactive ketones (excluding diaryl/α,β-unsaturated/α-hetero) is 1. The summed E-state index contributed by atoms with van der Waals surface area (Å²) in [5, 5.41) is 0. The molecule has 18 heavy (non-hydrogen) atoms. The van der Waals surface area contributed by atoms with Crippen molar-refractivity contribution >= 4 is 27.4 Å². The third kappa shape index (κ3) is 2.28. The van der Waals surface area contributed by atoms with Crippen molar-refractivity contribution in [1.82, 2.24) is 0 Å². The molecule has 0 radical (unpaired) electrons. The fraction of sp³-hybridized carbons (Fsp3) is 0.462. The lowest BCUT2D eigenvalue weighted by Crippen LogP contribution is -2.47. The number of rotatable bonds is 1. The second kappa shape index (κ2) is 4.96. The van der Waals surface area contributed by atoms with E-state index in [0.717, 1.165) is 0 Å². The average Bonchev–Trinajstić information content (AvgIpc) is 2.28. The summed E-state index contributed by atoms with van der Waals surface area (Å²) in [5.41, 5.74) is -0.0370. The molecule has 1 aromatic carbocycles. The fourth-order valence-electron chi connectivity index (χ4n) is 2.33. The number of anilines is 1. The summed E-state index contributed by atoms with van der Waals surface area (Å²) in [7, 11) is 0. The smallest absolute Gasteiger partial charge is 0.150 e. The summed E-state index contributed by atoms with van der Waals surface area (Å²) in [6, 6.07) is 2.29. The topological polar surface area (TPSA) is 20.3 Å². The summed E-state index contributed by atoms with van der Waals surface area (Å²) in [6.45, 7) is 3.98. The number of carbonyl (C=O) groups is 1. The molecule has 5 heteroatoms. The molecule has 0 spiro atoms. The first-order valence-corrected chi connectivity index (χ1v) is 6.65. The zero-order chi connectivity index (χ0) is 13.4. The van der Waals surface area contributed by atoms with Gasteiger partial charge in [0, 0.05) is 29.4 Å². The highest BCUT2D eigenvalue weighted by atomic mass is 79.9. The predicted octanol–water partition coefficient (Wildman–Crippen LogP) is 3.53. The van der Waals surface area contributed by atoms with Gasteiger partial charge in [-0.15, -0.1) is 0 Å². The first-order chi connectivity index (χ1) is 8.41. The Bertz CT molecular complexity index is 469. The Kier molecular flexibility index (Phi) is 3.71. The summed E-state index contributed by atoms with van der Waals surface area (Å²) in [4.78, 5) is 13.2. The summed E-state index contributed by atoms with van der Waals surface area (Å²) < 4.78 is 28.2. The van der Waals surface area contributed by atoms with Gasteiger partial charge in [0.2, 0.25) is 0 Å². The standard InChI is InChI=1S/C13H14BrF2NO/c1-7-8(2)17(4-3-12(7)18)13-10(15)5-9(14)6-11(13)16/h5-8H,3-4H2,1-2H3. The monoisotopic (exact) mass is 317 g/mol. The number of hydrogen-bond acceptors (Lipinski definition) is 2. The van der Waals surface area contributed by atoms with Crippen LogP contribution in [-0.4, -0.2) is 18.4 Å². The molecule has 0 bridgehead atoms. The van der Waals surface area contributed by atoms with Crippen LogP contribution >= 0.6 is 15.9 Å². The van der Waals surface area contributed by atoms with Crippen LogP contribution in [0.3, 0.4) is 0 Å². The quantitative estimate of drug-likeness (QED) is 0.789. The predicted molar refractivity (Wildman–Crippen MR) is 69.7 cm³/mol. The lowest BCUT2D eigenvalue weighted by Gasteiger charge is -2.38. The maximum absolute atomic E-state index is 13.9. The van der Waals surface area contributed by atoms with E-state index in [-0.39, 0.29) is 23.4 Å². The Hall–Kier alpha value is -0.970. The van der Waals surface area contributed by atoms with Gasteiger partial charge in [-0.25, -0.2) is 8.78 Å². The number of piperidine rings is 1. The van der Waals surface area contributed by atoms with Crippen LogP contribution in [0.4, 0.5) is 14.5 Å². The minimum absolute atomic E-state index is 0.0370. The number of carbonyl (C=O) groups excluding carboxylic acids is 1. The second-order valence-corrected chi connectivity index (χ2v) is 5.57. The molecular formula is C13H14BrF2NO. The summed E-state index contributed by atoms with van der Waals surface area (Å²) in [5.74, 6) is -1.26. The molecule has 1 fully saturated rings. The van der Waals surface area contributed by atoms with Crippen LogP contribution in [0.2, 0.25) is 0 Å². The van der Waals surface area contributed by atoms with E-state index >= 15 is 0 Å². The zero-order valence-corrected chi connectivity index (χ0v) is 11.8. The Labute approximate surface area is 113 Å². The molecule has 2 atom stereocenters. The lowest BCUT2D eigenvalue weighted by molar-refractivity contribution is -0.123. The molecule has 0 amide bonds. The maximum Gasteiger partial charge on any atom is 0.150 e. The van der Waals surface area contributed by atoms with Crippen LogP contribution in [0.25, 0.3) is 0 Å². The largest absolute Gasteiger partial charge is 0.363 e. The van der Waals surface area contributed by atoms with Crippen LogP contribution < -0.4 is 4.90 Å². The van der Waals surface area contributed by atoms with E-state index in [4.69, 9.17) is 0 Å². The van der Waals surface area contributed by atoms with Gasteiger partial charge >= 0.3 is 0 Å². The molecule has 1 heterocycles. The number of ketones is 1. The van der Waals surface area contributed by atoms with Gasteiger partial charge in [-0.2, -0.15) is 0 Å². The molecule has 2 rings (SSSR count). The van der Waals surface area contributed by atoms with Crippen LogP contribution in [0.15, 0.2) is 16.6 Å². The van der Waals surface area contributed by atoms with Gasteiger partial charge in [0.05, 0.1) is 0 Å². The molecular weight excluding hydrogens is 304 g/mol. The first-order valence-electron chi connectivity index (χ1n) is 5.85. The number of benzene rings is 1. The van der Waals surface area contributed by atoms with Gasteiger partial charge < -0.3 is 4.90 Å². The Morgan fingerprint density at radius 1 is 1.28 bits per heavy atom. The van der Waals surface area contributed by atoms with Crippen molar-refractivity contribution in [2.24, 2.45) is 5.92 Å². The highest BCUT2D eigenvalue weighted by Gasteiger charge is 2.33. The zero-order valence-electron chi connectivity index (χ0n) is 10.2. The molecule has 2 unspecified atom stereocenters. The van der Waals surface area contributed by atoms with Gasteiger partial charge in [0.15, 0.2) is 11.6 Å². The molecule has 1 aromatic rings. The van der Waals surface area contributed by atoms with Crippen molar-refractivity contribution in [1.29, 1.82) is 0 Å². The van der Waals surface area contributed by atoms with Gasteiger partial charge in [-0.1, -0.05) is 22.9 Å². The number of hydrogen-bond donors (Lipinski definition) is 0. The van der Waals surface area contributed by atoms with Gasteiger partial charge in [0.1, 0.15) is 11.5 Å². The van der Waals surface area contributed by atoms with E-state index in [0.29, 0.717) is 17.4 Å². The number of halogens is 3. The third-order valence-electron chi connectivity index (χ3n) is 3.59. The van der Waals surface area contributed by atoms with Crippen molar-refractivity contribution in [2.75, 3.05) is 11.4 Å². The molecule has 2 nitrogen and oxygen atoms in total. The van der Waals surface area contributed by atoms with E-state index in [2.05, 4.69) is 15.9 Å². The molecule has 1 aliphatic rings. The molecule has 1 saturated heterocycles. The van der Waals surface area contributed by atoms with E-state index in [1.807, 2.05) is 6.92 Å². The van der Waals surface area contributed by atoms with Crippen molar-refractivity contribution in [3.63, 3.8) is 0 Å². The van der Waals surface area contributed by atoms with Crippen molar-refractivity contribution in [2.45, 2.75) is 26.3 Å². The Morgan fingerprint density at radius 3 is 2.39 bits per heavy atom. The van der Waals surface area contributed by atoms with Crippen LogP contribution in [0.5, 0.6) is 0 Å². The minimum Gasteiger partial charge on any atom is -0.363 e. The average molecular weight is 318 g/mol. The molecule has 1 aliphatic heterocycles. The van der Waals surface area contributed by atoms with E-state index < -0.39 is 11.6 Å². The first kappa shape index (κ1) is 13.5. The van der Waals surface area contributed by atoms with E-state index in [9.17, 15) is 13.6 Å². The SMILES string of the molecule is CC1C(=O)CCN(c2c(F)cc(Br)cc2F)C1C. The van der Waals surface area contributed by atoms with Gasteiger partial charge in [-0.3, -0.25) is 4.79 Å². The molecule has 0 aliphatic carbocycles. The van der Waals surface area contributed by atoms with Crippen molar-refractivity contribution in [3.05, 3.63) is 28.2 Å². The molecule has 98 valence electrons. The minimum atomic E-state index is -0.602. The number of nitrogens with zero attached hydrogens (tertiary/aromatic N) is 1. The van der Waals surface area contributed by atoms with Gasteiger partial charge in [0.25, 0.3) is 0 Å². The highest BCUT2D eigenvalue weighted by molar-refractivity contribution is 9.10. The van der Waals surface area contributed by atoms with E-state index in [1.165, 1.54) is 12.1 Å². The normalized spacial score (nSPS) is 24.5. The fourth-order valence-corrected chi connectivity index (χ4v) is 2.73. The Balaban J connectivity index is 2.40. The Morgan fingerprint density at radius 2 is 1.83 bits per heavy atom.